The number of rotatable bonds is 4. The monoisotopic (exact) mass is 303 g/mol. The summed E-state index contributed by atoms with van der Waals surface area (Å²) in [5.74, 6) is 0.372. The van der Waals surface area contributed by atoms with Gasteiger partial charge in [-0.15, -0.1) is 0 Å². The Morgan fingerprint density at radius 1 is 1.45 bits per heavy atom. The predicted octanol–water partition coefficient (Wildman–Crippen LogP) is 4.43. The Kier molecular flexibility index (Phi) is 4.84. The normalized spacial score (nSPS) is 21.2. The van der Waals surface area contributed by atoms with Crippen molar-refractivity contribution in [3.05, 3.63) is 29.3 Å². The first-order chi connectivity index (χ1) is 10.3. The fourth-order valence-electron chi connectivity index (χ4n) is 3.92. The third-order valence-corrected chi connectivity index (χ3v) is 4.78. The van der Waals surface area contributed by atoms with E-state index >= 15 is 0 Å². The van der Waals surface area contributed by atoms with Gasteiger partial charge in [-0.2, -0.15) is 0 Å². The van der Waals surface area contributed by atoms with Crippen molar-refractivity contribution in [1.29, 1.82) is 0 Å². The molecular weight excluding hydrogens is 274 g/mol. The van der Waals surface area contributed by atoms with Gasteiger partial charge in [-0.3, -0.25) is 0 Å². The van der Waals surface area contributed by atoms with E-state index in [-0.39, 0.29) is 17.6 Å². The number of hydrogen-bond acceptors (Lipinski definition) is 3. The van der Waals surface area contributed by atoms with Gasteiger partial charge in [0.25, 0.3) is 0 Å². The number of carbonyl (C=O) groups is 1. The SMILES string of the molecule is CCC[C@H](C(=O)OC)N1c2ccc(C)cc2[C@@H](C)CC1(C)C. The zero-order chi connectivity index (χ0) is 16.5. The minimum atomic E-state index is -0.209. The second-order valence-corrected chi connectivity index (χ2v) is 7.18. The third kappa shape index (κ3) is 2.99. The molecule has 0 fully saturated rings. The van der Waals surface area contributed by atoms with Crippen molar-refractivity contribution in [3.63, 3.8) is 0 Å². The second-order valence-electron chi connectivity index (χ2n) is 7.18. The zero-order valence-corrected chi connectivity index (χ0v) is 14.8. The van der Waals surface area contributed by atoms with Gasteiger partial charge in [-0.1, -0.05) is 38.0 Å². The van der Waals surface area contributed by atoms with Gasteiger partial charge in [0.15, 0.2) is 0 Å². The van der Waals surface area contributed by atoms with Crippen LogP contribution in [-0.4, -0.2) is 24.7 Å². The van der Waals surface area contributed by atoms with Gasteiger partial charge in [0, 0.05) is 11.2 Å². The lowest BCUT2D eigenvalue weighted by Crippen LogP contribution is -2.56. The molecule has 0 aliphatic carbocycles. The van der Waals surface area contributed by atoms with Crippen molar-refractivity contribution >= 4 is 11.7 Å². The molecule has 0 amide bonds. The van der Waals surface area contributed by atoms with Gasteiger partial charge < -0.3 is 9.64 Å². The molecule has 1 aromatic carbocycles. The largest absolute Gasteiger partial charge is 0.467 e. The Balaban J connectivity index is 2.56. The molecule has 0 bridgehead atoms. The maximum atomic E-state index is 12.4. The fourth-order valence-corrected chi connectivity index (χ4v) is 3.92. The third-order valence-electron chi connectivity index (χ3n) is 4.78. The first kappa shape index (κ1) is 16.9. The Hall–Kier alpha value is -1.51. The smallest absolute Gasteiger partial charge is 0.328 e. The number of fused-ring (bicyclic) bond motifs is 1. The predicted molar refractivity (Wildman–Crippen MR) is 91.5 cm³/mol. The molecule has 22 heavy (non-hydrogen) atoms. The number of carbonyl (C=O) groups excluding carboxylic acids is 1. The molecule has 2 rings (SSSR count). The molecule has 3 heteroatoms. The summed E-state index contributed by atoms with van der Waals surface area (Å²) >= 11 is 0. The molecule has 1 aliphatic rings. The van der Waals surface area contributed by atoms with E-state index in [1.165, 1.54) is 23.9 Å². The van der Waals surface area contributed by atoms with Crippen LogP contribution in [-0.2, 0) is 9.53 Å². The van der Waals surface area contributed by atoms with Crippen LogP contribution in [0.25, 0.3) is 0 Å². The van der Waals surface area contributed by atoms with Crippen molar-refractivity contribution in [1.82, 2.24) is 0 Å². The average Bonchev–Trinajstić information content (AvgIpc) is 2.45. The van der Waals surface area contributed by atoms with E-state index in [2.05, 4.69) is 57.7 Å². The maximum Gasteiger partial charge on any atom is 0.328 e. The zero-order valence-electron chi connectivity index (χ0n) is 14.8. The van der Waals surface area contributed by atoms with Crippen LogP contribution in [0.5, 0.6) is 0 Å². The Labute approximate surface area is 134 Å². The van der Waals surface area contributed by atoms with Crippen molar-refractivity contribution in [2.45, 2.75) is 71.4 Å². The fraction of sp³-hybridized carbons (Fsp3) is 0.632. The molecule has 0 saturated heterocycles. The topological polar surface area (TPSA) is 29.5 Å². The lowest BCUT2D eigenvalue weighted by molar-refractivity contribution is -0.142. The van der Waals surface area contributed by atoms with Crippen LogP contribution in [0.15, 0.2) is 18.2 Å². The molecule has 0 N–H and O–H groups in total. The molecule has 3 nitrogen and oxygen atoms in total. The van der Waals surface area contributed by atoms with Crippen LogP contribution in [0, 0.1) is 6.92 Å². The Bertz CT molecular complexity index is 550. The van der Waals surface area contributed by atoms with Crippen LogP contribution in [0.4, 0.5) is 5.69 Å². The van der Waals surface area contributed by atoms with Crippen molar-refractivity contribution in [3.8, 4) is 0 Å². The van der Waals surface area contributed by atoms with E-state index in [0.717, 1.165) is 19.3 Å². The van der Waals surface area contributed by atoms with Crippen LogP contribution < -0.4 is 4.90 Å². The summed E-state index contributed by atoms with van der Waals surface area (Å²) in [5.41, 5.74) is 3.76. The number of methoxy groups -OCH3 is 1. The van der Waals surface area contributed by atoms with Crippen molar-refractivity contribution in [2.75, 3.05) is 12.0 Å². The van der Waals surface area contributed by atoms with E-state index in [0.29, 0.717) is 5.92 Å². The number of esters is 1. The summed E-state index contributed by atoms with van der Waals surface area (Å²) in [6.45, 7) is 11.0. The summed E-state index contributed by atoms with van der Waals surface area (Å²) in [6.07, 6.45) is 2.82. The van der Waals surface area contributed by atoms with Gasteiger partial charge in [-0.05, 0) is 51.2 Å². The lowest BCUT2D eigenvalue weighted by Gasteiger charge is -2.50. The highest BCUT2D eigenvalue weighted by molar-refractivity contribution is 5.81. The number of benzene rings is 1. The molecule has 122 valence electrons. The summed E-state index contributed by atoms with van der Waals surface area (Å²) < 4.78 is 5.10. The Morgan fingerprint density at radius 3 is 2.73 bits per heavy atom. The molecule has 1 heterocycles. The number of ether oxygens (including phenoxy) is 1. The second kappa shape index (κ2) is 6.31. The number of nitrogens with zero attached hydrogens (tertiary/aromatic N) is 1. The molecule has 0 radical (unpaired) electrons. The van der Waals surface area contributed by atoms with Crippen LogP contribution in [0.3, 0.4) is 0 Å². The first-order valence-electron chi connectivity index (χ1n) is 8.29. The average molecular weight is 303 g/mol. The summed E-state index contributed by atoms with van der Waals surface area (Å²) in [5, 5.41) is 0. The van der Waals surface area contributed by atoms with E-state index in [1.54, 1.807) is 0 Å². The molecule has 0 aromatic heterocycles. The number of aryl methyl sites for hydroxylation is 1. The summed E-state index contributed by atoms with van der Waals surface area (Å²) in [4.78, 5) is 14.7. The lowest BCUT2D eigenvalue weighted by atomic mass is 9.78. The van der Waals surface area contributed by atoms with Gasteiger partial charge >= 0.3 is 5.97 Å². The first-order valence-corrected chi connectivity index (χ1v) is 8.29. The minimum absolute atomic E-state index is 0.0598. The van der Waals surface area contributed by atoms with Crippen LogP contribution >= 0.6 is 0 Å². The van der Waals surface area contributed by atoms with Gasteiger partial charge in [0.2, 0.25) is 0 Å². The highest BCUT2D eigenvalue weighted by Crippen LogP contribution is 2.45. The summed E-state index contributed by atoms with van der Waals surface area (Å²) in [6, 6.07) is 6.37. The van der Waals surface area contributed by atoms with E-state index in [4.69, 9.17) is 4.74 Å². The quantitative estimate of drug-likeness (QED) is 0.771. The van der Waals surface area contributed by atoms with Gasteiger partial charge in [-0.25, -0.2) is 4.79 Å². The molecule has 2 atom stereocenters. The number of anilines is 1. The van der Waals surface area contributed by atoms with E-state index < -0.39 is 0 Å². The standard InChI is InChI=1S/C19H29NO2/c1-7-8-17(18(21)22-6)20-16-10-9-13(2)11-15(16)14(3)12-19(20,4)5/h9-11,14,17H,7-8,12H2,1-6H3/t14-,17+/m0/s1. The van der Waals surface area contributed by atoms with E-state index in [9.17, 15) is 4.79 Å². The molecular formula is C19H29NO2. The molecule has 1 aliphatic heterocycles. The van der Waals surface area contributed by atoms with E-state index in [1.807, 2.05) is 0 Å². The highest BCUT2D eigenvalue weighted by Gasteiger charge is 2.42. The van der Waals surface area contributed by atoms with Crippen molar-refractivity contribution in [2.24, 2.45) is 0 Å². The molecule has 0 saturated carbocycles. The molecule has 0 spiro atoms. The highest BCUT2D eigenvalue weighted by atomic mass is 16.5. The van der Waals surface area contributed by atoms with Gasteiger partial charge in [0.05, 0.1) is 7.11 Å². The van der Waals surface area contributed by atoms with Crippen LogP contribution in [0.1, 0.15) is 64.0 Å². The molecule has 1 aromatic rings. The number of hydrogen-bond donors (Lipinski definition) is 0. The minimum Gasteiger partial charge on any atom is -0.467 e. The Morgan fingerprint density at radius 2 is 2.14 bits per heavy atom. The van der Waals surface area contributed by atoms with Crippen molar-refractivity contribution < 1.29 is 9.53 Å². The molecule has 0 unspecified atom stereocenters. The summed E-state index contributed by atoms with van der Waals surface area (Å²) in [7, 11) is 1.49. The van der Waals surface area contributed by atoms with Gasteiger partial charge in [0.1, 0.15) is 6.04 Å². The maximum absolute atomic E-state index is 12.4. The van der Waals surface area contributed by atoms with Crippen LogP contribution in [0.2, 0.25) is 0 Å².